The average molecular weight is 464 g/mol. The average Bonchev–Trinajstić information content (AvgIpc) is 3.44. The normalized spacial score (nSPS) is 16.2. The second-order valence-corrected chi connectivity index (χ2v) is 8.12. The molecule has 11 heteroatoms. The lowest BCUT2D eigenvalue weighted by Gasteiger charge is -2.24. The van der Waals surface area contributed by atoms with Crippen LogP contribution < -0.4 is 5.32 Å². The van der Waals surface area contributed by atoms with Crippen molar-refractivity contribution in [1.82, 2.24) is 15.1 Å². The smallest absolute Gasteiger partial charge is 0.329 e. The monoisotopic (exact) mass is 464 g/mol. The van der Waals surface area contributed by atoms with Crippen LogP contribution in [0.15, 0.2) is 48.5 Å². The predicted octanol–water partition coefficient (Wildman–Crippen LogP) is 4.93. The molecular weight excluding hydrogens is 448 g/mol. The second kappa shape index (κ2) is 8.65. The highest BCUT2D eigenvalue weighted by molar-refractivity contribution is 7.13. The number of anilines is 1. The summed E-state index contributed by atoms with van der Waals surface area (Å²) in [5.74, 6) is -1.74. The van der Waals surface area contributed by atoms with Gasteiger partial charge >= 0.3 is 6.18 Å². The summed E-state index contributed by atoms with van der Waals surface area (Å²) in [5.41, 5.74) is -1.05. The quantitative estimate of drug-likeness (QED) is 0.556. The van der Waals surface area contributed by atoms with Crippen molar-refractivity contribution in [2.75, 3.05) is 11.9 Å². The van der Waals surface area contributed by atoms with Crippen LogP contribution in [0.5, 0.6) is 0 Å². The Balaban J connectivity index is 1.53. The molecule has 6 nitrogen and oxygen atoms in total. The van der Waals surface area contributed by atoms with Gasteiger partial charge in [0.25, 0.3) is 11.8 Å². The molecule has 4 rings (SSSR count). The fourth-order valence-corrected chi connectivity index (χ4v) is 4.40. The van der Waals surface area contributed by atoms with E-state index >= 15 is 0 Å². The van der Waals surface area contributed by atoms with Crippen LogP contribution in [0.4, 0.5) is 23.2 Å². The first-order valence-corrected chi connectivity index (χ1v) is 10.4. The maximum Gasteiger partial charge on any atom is 0.417 e. The van der Waals surface area contributed by atoms with E-state index in [2.05, 4.69) is 15.5 Å². The highest BCUT2D eigenvalue weighted by Crippen LogP contribution is 2.37. The Labute approximate surface area is 183 Å². The van der Waals surface area contributed by atoms with E-state index in [1.807, 2.05) is 0 Å². The van der Waals surface area contributed by atoms with Crippen LogP contribution >= 0.6 is 11.3 Å². The zero-order valence-corrected chi connectivity index (χ0v) is 17.2. The Morgan fingerprint density at radius 3 is 2.50 bits per heavy atom. The Hall–Kier alpha value is -3.34. The SMILES string of the molecule is O=C(Nc1ccc(F)cc1)c1nnc(C2CCCN2C(=O)c2ccccc2C(F)(F)F)s1. The Morgan fingerprint density at radius 2 is 1.78 bits per heavy atom. The number of aromatic nitrogens is 2. The number of hydrogen-bond donors (Lipinski definition) is 1. The van der Waals surface area contributed by atoms with Gasteiger partial charge < -0.3 is 10.2 Å². The first-order valence-electron chi connectivity index (χ1n) is 9.61. The van der Waals surface area contributed by atoms with Crippen molar-refractivity contribution in [3.05, 3.63) is 75.5 Å². The summed E-state index contributed by atoms with van der Waals surface area (Å²) in [6.45, 7) is 0.270. The number of halogens is 4. The van der Waals surface area contributed by atoms with Crippen LogP contribution in [0.25, 0.3) is 0 Å². The zero-order chi connectivity index (χ0) is 22.9. The van der Waals surface area contributed by atoms with Gasteiger partial charge in [0.05, 0.1) is 17.2 Å². The molecule has 0 aliphatic carbocycles. The van der Waals surface area contributed by atoms with Crippen LogP contribution in [-0.4, -0.2) is 33.5 Å². The van der Waals surface area contributed by atoms with Gasteiger partial charge in [0, 0.05) is 12.2 Å². The third kappa shape index (κ3) is 4.47. The van der Waals surface area contributed by atoms with Crippen molar-refractivity contribution in [1.29, 1.82) is 0 Å². The number of benzene rings is 2. The summed E-state index contributed by atoms with van der Waals surface area (Å²) in [4.78, 5) is 26.7. The maximum absolute atomic E-state index is 13.4. The molecule has 1 saturated heterocycles. The van der Waals surface area contributed by atoms with Crippen LogP contribution in [0.1, 0.15) is 49.6 Å². The van der Waals surface area contributed by atoms with Gasteiger partial charge in [-0.1, -0.05) is 23.5 Å². The van der Waals surface area contributed by atoms with Crippen molar-refractivity contribution >= 4 is 28.8 Å². The summed E-state index contributed by atoms with van der Waals surface area (Å²) < 4.78 is 53.1. The number of hydrogen-bond acceptors (Lipinski definition) is 5. The highest BCUT2D eigenvalue weighted by atomic mass is 32.1. The van der Waals surface area contributed by atoms with Crippen molar-refractivity contribution in [3.8, 4) is 0 Å². The topological polar surface area (TPSA) is 75.2 Å². The standard InChI is InChI=1S/C21H16F4N4O2S/c22-12-7-9-13(10-8-12)26-17(30)19-28-27-18(32-19)16-6-3-11-29(16)20(31)14-4-1-2-5-15(14)21(23,24)25/h1-2,4-5,7-10,16H,3,6,11H2,(H,26,30). The van der Waals surface area contributed by atoms with E-state index in [0.717, 1.165) is 23.5 Å². The van der Waals surface area contributed by atoms with Gasteiger partial charge in [-0.2, -0.15) is 13.2 Å². The van der Waals surface area contributed by atoms with Crippen molar-refractivity contribution in [2.45, 2.75) is 25.1 Å². The molecule has 0 saturated carbocycles. The van der Waals surface area contributed by atoms with Crippen LogP contribution in [-0.2, 0) is 6.18 Å². The van der Waals surface area contributed by atoms with Crippen molar-refractivity contribution in [3.63, 3.8) is 0 Å². The van der Waals surface area contributed by atoms with E-state index in [1.54, 1.807) is 0 Å². The fourth-order valence-electron chi connectivity index (χ4n) is 3.52. The van der Waals surface area contributed by atoms with E-state index in [-0.39, 0.29) is 11.6 Å². The van der Waals surface area contributed by atoms with Gasteiger partial charge in [0.2, 0.25) is 5.01 Å². The Kier molecular flexibility index (Phi) is 5.92. The molecule has 1 aromatic heterocycles. The molecule has 1 aliphatic rings. The lowest BCUT2D eigenvalue weighted by atomic mass is 10.1. The second-order valence-electron chi connectivity index (χ2n) is 7.11. The molecule has 2 aromatic carbocycles. The summed E-state index contributed by atoms with van der Waals surface area (Å²) in [7, 11) is 0. The van der Waals surface area contributed by atoms with Crippen molar-refractivity contribution < 1.29 is 27.2 Å². The third-order valence-corrected chi connectivity index (χ3v) is 6.02. The molecule has 1 atom stereocenters. The summed E-state index contributed by atoms with van der Waals surface area (Å²) >= 11 is 0.962. The van der Waals surface area contributed by atoms with Crippen LogP contribution in [0, 0.1) is 5.82 Å². The molecule has 1 unspecified atom stereocenters. The molecule has 0 bridgehead atoms. The molecule has 2 heterocycles. The lowest BCUT2D eigenvalue weighted by Crippen LogP contribution is -2.32. The van der Waals surface area contributed by atoms with Gasteiger partial charge in [0.1, 0.15) is 10.8 Å². The van der Waals surface area contributed by atoms with E-state index in [0.29, 0.717) is 23.5 Å². The van der Waals surface area contributed by atoms with Crippen LogP contribution in [0.3, 0.4) is 0 Å². The third-order valence-electron chi connectivity index (χ3n) is 5.00. The highest BCUT2D eigenvalue weighted by Gasteiger charge is 2.39. The number of carbonyl (C=O) groups excluding carboxylic acids is 2. The molecule has 0 spiro atoms. The summed E-state index contributed by atoms with van der Waals surface area (Å²) in [6, 6.07) is 9.25. The van der Waals surface area contributed by atoms with E-state index in [9.17, 15) is 27.2 Å². The number of carbonyl (C=O) groups is 2. The first-order chi connectivity index (χ1) is 15.2. The van der Waals surface area contributed by atoms with Gasteiger partial charge in [-0.05, 0) is 49.2 Å². The molecule has 2 amide bonds. The molecule has 32 heavy (non-hydrogen) atoms. The van der Waals surface area contributed by atoms with Gasteiger partial charge in [-0.3, -0.25) is 9.59 Å². The number of amides is 2. The minimum absolute atomic E-state index is 0.0271. The van der Waals surface area contributed by atoms with Crippen LogP contribution in [0.2, 0.25) is 0 Å². The number of alkyl halides is 3. The van der Waals surface area contributed by atoms with Crippen molar-refractivity contribution in [2.24, 2.45) is 0 Å². The molecule has 0 radical (unpaired) electrons. The Morgan fingerprint density at radius 1 is 1.06 bits per heavy atom. The fraction of sp³-hybridized carbons (Fsp3) is 0.238. The number of nitrogens with zero attached hydrogens (tertiary/aromatic N) is 3. The number of nitrogens with one attached hydrogen (secondary N) is 1. The number of likely N-dealkylation sites (tertiary alicyclic amines) is 1. The molecule has 3 aromatic rings. The first kappa shape index (κ1) is 21.9. The molecule has 1 N–H and O–H groups in total. The molecular formula is C21H16F4N4O2S. The molecule has 166 valence electrons. The zero-order valence-electron chi connectivity index (χ0n) is 16.4. The van der Waals surface area contributed by atoms with Gasteiger partial charge in [-0.25, -0.2) is 4.39 Å². The summed E-state index contributed by atoms with van der Waals surface area (Å²) in [6.07, 6.45) is -3.58. The van der Waals surface area contributed by atoms with E-state index < -0.39 is 41.0 Å². The summed E-state index contributed by atoms with van der Waals surface area (Å²) in [5, 5.41) is 10.8. The molecule has 1 fully saturated rings. The minimum atomic E-state index is -4.66. The maximum atomic E-state index is 13.4. The van der Waals surface area contributed by atoms with E-state index in [4.69, 9.17) is 0 Å². The van der Waals surface area contributed by atoms with Gasteiger partial charge in [-0.15, -0.1) is 10.2 Å². The Bertz CT molecular complexity index is 1150. The van der Waals surface area contributed by atoms with Gasteiger partial charge in [0.15, 0.2) is 0 Å². The largest absolute Gasteiger partial charge is 0.417 e. The number of rotatable bonds is 4. The predicted molar refractivity (Wildman–Crippen MR) is 109 cm³/mol. The minimum Gasteiger partial charge on any atom is -0.329 e. The van der Waals surface area contributed by atoms with E-state index in [1.165, 1.54) is 41.3 Å². The molecule has 1 aliphatic heterocycles. The lowest BCUT2D eigenvalue weighted by molar-refractivity contribution is -0.138.